The Labute approximate surface area is 86.5 Å². The van der Waals surface area contributed by atoms with Crippen LogP contribution in [0.5, 0.6) is 0 Å². The van der Waals surface area contributed by atoms with Crippen LogP contribution in [-0.2, 0) is 6.54 Å². The van der Waals surface area contributed by atoms with E-state index in [0.717, 1.165) is 5.52 Å². The van der Waals surface area contributed by atoms with Gasteiger partial charge in [0.2, 0.25) is 0 Å². The van der Waals surface area contributed by atoms with E-state index in [4.69, 9.17) is 5.11 Å². The molecular formula is C11H10N2O2. The van der Waals surface area contributed by atoms with Gasteiger partial charge in [-0.25, -0.2) is 9.78 Å². The maximum absolute atomic E-state index is 10.7. The van der Waals surface area contributed by atoms with Gasteiger partial charge in [0.1, 0.15) is 0 Å². The van der Waals surface area contributed by atoms with Gasteiger partial charge in [0.05, 0.1) is 22.9 Å². The van der Waals surface area contributed by atoms with Gasteiger partial charge in [-0.3, -0.25) is 0 Å². The predicted molar refractivity (Wildman–Crippen MR) is 56.9 cm³/mol. The number of carbonyl (C=O) groups is 1. The molecule has 0 atom stereocenters. The first-order valence-corrected chi connectivity index (χ1v) is 4.51. The van der Waals surface area contributed by atoms with Gasteiger partial charge in [0, 0.05) is 6.54 Å². The van der Waals surface area contributed by atoms with Crippen molar-refractivity contribution < 1.29 is 9.90 Å². The molecule has 0 saturated heterocycles. The van der Waals surface area contributed by atoms with E-state index in [-0.39, 0.29) is 5.56 Å². The number of carboxylic acids is 1. The first kappa shape index (κ1) is 9.45. The molecule has 0 saturated carbocycles. The lowest BCUT2D eigenvalue weighted by Gasteiger charge is -1.99. The van der Waals surface area contributed by atoms with E-state index < -0.39 is 5.97 Å². The number of hydrogen-bond donors (Lipinski definition) is 1. The smallest absolute Gasteiger partial charge is 0.335 e. The van der Waals surface area contributed by atoms with Crippen LogP contribution in [0.15, 0.2) is 37.2 Å². The quantitative estimate of drug-likeness (QED) is 0.773. The molecule has 4 heteroatoms. The Hall–Kier alpha value is -2.10. The number of rotatable bonds is 3. The van der Waals surface area contributed by atoms with E-state index in [1.807, 2.05) is 4.57 Å². The average Bonchev–Trinajstić information content (AvgIpc) is 2.61. The molecule has 4 nitrogen and oxygen atoms in total. The summed E-state index contributed by atoms with van der Waals surface area (Å²) in [5.74, 6) is -0.935. The topological polar surface area (TPSA) is 55.1 Å². The molecule has 0 aliphatic heterocycles. The third-order valence-corrected chi connectivity index (χ3v) is 2.19. The zero-order valence-corrected chi connectivity index (χ0v) is 8.05. The van der Waals surface area contributed by atoms with Gasteiger partial charge in [-0.05, 0) is 18.2 Å². The number of fused-ring (bicyclic) bond motifs is 1. The summed E-state index contributed by atoms with van der Waals surface area (Å²) in [7, 11) is 0. The second-order valence-electron chi connectivity index (χ2n) is 3.19. The van der Waals surface area contributed by atoms with Crippen LogP contribution < -0.4 is 0 Å². The van der Waals surface area contributed by atoms with Crippen molar-refractivity contribution in [3.05, 3.63) is 42.7 Å². The molecule has 1 heterocycles. The molecule has 1 aromatic heterocycles. The summed E-state index contributed by atoms with van der Waals surface area (Å²) in [5, 5.41) is 8.80. The fourth-order valence-corrected chi connectivity index (χ4v) is 1.48. The number of benzene rings is 1. The van der Waals surface area contributed by atoms with Crippen LogP contribution in [0.2, 0.25) is 0 Å². The monoisotopic (exact) mass is 202 g/mol. The van der Waals surface area contributed by atoms with Crippen molar-refractivity contribution in [2.24, 2.45) is 0 Å². The van der Waals surface area contributed by atoms with Gasteiger partial charge >= 0.3 is 5.97 Å². The molecule has 0 radical (unpaired) electrons. The summed E-state index contributed by atoms with van der Waals surface area (Å²) >= 11 is 0. The minimum atomic E-state index is -0.935. The third kappa shape index (κ3) is 1.61. The van der Waals surface area contributed by atoms with E-state index in [1.54, 1.807) is 30.6 Å². The second kappa shape index (κ2) is 3.57. The zero-order chi connectivity index (χ0) is 10.8. The maximum atomic E-state index is 10.7. The van der Waals surface area contributed by atoms with E-state index in [0.29, 0.717) is 12.1 Å². The molecule has 1 N–H and O–H groups in total. The van der Waals surface area contributed by atoms with Crippen molar-refractivity contribution in [3.63, 3.8) is 0 Å². The molecule has 0 aliphatic rings. The summed E-state index contributed by atoms with van der Waals surface area (Å²) in [6.07, 6.45) is 3.45. The van der Waals surface area contributed by atoms with Crippen LogP contribution in [0, 0.1) is 0 Å². The highest BCUT2D eigenvalue weighted by molar-refractivity contribution is 5.92. The molecule has 15 heavy (non-hydrogen) atoms. The summed E-state index contributed by atoms with van der Waals surface area (Å²) in [6.45, 7) is 4.31. The van der Waals surface area contributed by atoms with Crippen molar-refractivity contribution in [3.8, 4) is 0 Å². The summed E-state index contributed by atoms with van der Waals surface area (Å²) in [4.78, 5) is 14.9. The molecule has 0 aliphatic carbocycles. The Bertz CT molecular complexity index is 528. The molecule has 0 fully saturated rings. The molecule has 1 aromatic carbocycles. The van der Waals surface area contributed by atoms with E-state index in [1.165, 1.54) is 0 Å². The minimum absolute atomic E-state index is 0.256. The molecule has 0 spiro atoms. The number of aromatic carboxylic acids is 1. The molecule has 2 aromatic rings. The highest BCUT2D eigenvalue weighted by Crippen LogP contribution is 2.14. The fourth-order valence-electron chi connectivity index (χ4n) is 1.48. The van der Waals surface area contributed by atoms with Crippen molar-refractivity contribution in [2.75, 3.05) is 0 Å². The van der Waals surface area contributed by atoms with Crippen LogP contribution in [0.3, 0.4) is 0 Å². The van der Waals surface area contributed by atoms with E-state index in [2.05, 4.69) is 11.6 Å². The lowest BCUT2D eigenvalue weighted by Crippen LogP contribution is -1.96. The van der Waals surface area contributed by atoms with Gasteiger partial charge < -0.3 is 9.67 Å². The van der Waals surface area contributed by atoms with Gasteiger partial charge in [0.25, 0.3) is 0 Å². The number of aromatic nitrogens is 2. The Balaban J connectivity index is 2.56. The highest BCUT2D eigenvalue weighted by Gasteiger charge is 2.06. The molecule has 0 unspecified atom stereocenters. The van der Waals surface area contributed by atoms with Crippen LogP contribution >= 0.6 is 0 Å². The standard InChI is InChI=1S/C11H10N2O2/c1-2-5-13-7-12-9-6-8(11(14)15)3-4-10(9)13/h2-4,6-7H,1,5H2,(H,14,15). The highest BCUT2D eigenvalue weighted by atomic mass is 16.4. The second-order valence-corrected chi connectivity index (χ2v) is 3.19. The number of nitrogens with zero attached hydrogens (tertiary/aromatic N) is 2. The normalized spacial score (nSPS) is 10.4. The largest absolute Gasteiger partial charge is 0.478 e. The first-order chi connectivity index (χ1) is 7.22. The minimum Gasteiger partial charge on any atom is -0.478 e. The molecule has 76 valence electrons. The average molecular weight is 202 g/mol. The van der Waals surface area contributed by atoms with E-state index >= 15 is 0 Å². The number of allylic oxidation sites excluding steroid dienone is 1. The fraction of sp³-hybridized carbons (Fsp3) is 0.0909. The predicted octanol–water partition coefficient (Wildman–Crippen LogP) is 1.92. The summed E-state index contributed by atoms with van der Waals surface area (Å²) in [6, 6.07) is 4.90. The third-order valence-electron chi connectivity index (χ3n) is 2.19. The lowest BCUT2D eigenvalue weighted by molar-refractivity contribution is 0.0697. The number of imidazole rings is 1. The Kier molecular flexibility index (Phi) is 2.25. The number of carboxylic acid groups (broad SMARTS) is 1. The molecule has 0 bridgehead atoms. The van der Waals surface area contributed by atoms with Crippen molar-refractivity contribution >= 4 is 17.0 Å². The summed E-state index contributed by atoms with van der Waals surface area (Å²) in [5.41, 5.74) is 1.86. The van der Waals surface area contributed by atoms with Gasteiger partial charge in [-0.15, -0.1) is 6.58 Å². The lowest BCUT2D eigenvalue weighted by atomic mass is 10.2. The van der Waals surface area contributed by atoms with Crippen LogP contribution in [0.4, 0.5) is 0 Å². The first-order valence-electron chi connectivity index (χ1n) is 4.51. The van der Waals surface area contributed by atoms with Crippen LogP contribution in [0.25, 0.3) is 11.0 Å². The molecular weight excluding hydrogens is 192 g/mol. The van der Waals surface area contributed by atoms with Crippen molar-refractivity contribution in [2.45, 2.75) is 6.54 Å². The van der Waals surface area contributed by atoms with Crippen LogP contribution in [0.1, 0.15) is 10.4 Å². The maximum Gasteiger partial charge on any atom is 0.335 e. The van der Waals surface area contributed by atoms with Gasteiger partial charge in [-0.1, -0.05) is 6.08 Å². The van der Waals surface area contributed by atoms with Crippen LogP contribution in [-0.4, -0.2) is 20.6 Å². The molecule has 2 rings (SSSR count). The Morgan fingerprint density at radius 1 is 1.60 bits per heavy atom. The van der Waals surface area contributed by atoms with Crippen molar-refractivity contribution in [1.29, 1.82) is 0 Å². The van der Waals surface area contributed by atoms with Gasteiger partial charge in [0.15, 0.2) is 0 Å². The Morgan fingerprint density at radius 3 is 3.07 bits per heavy atom. The van der Waals surface area contributed by atoms with Gasteiger partial charge in [-0.2, -0.15) is 0 Å². The number of hydrogen-bond acceptors (Lipinski definition) is 2. The van der Waals surface area contributed by atoms with Crippen molar-refractivity contribution in [1.82, 2.24) is 9.55 Å². The Morgan fingerprint density at radius 2 is 2.40 bits per heavy atom. The molecule has 0 amide bonds. The van der Waals surface area contributed by atoms with E-state index in [9.17, 15) is 4.79 Å². The SMILES string of the molecule is C=CCn1cnc2cc(C(=O)O)ccc21. The summed E-state index contributed by atoms with van der Waals surface area (Å²) < 4.78 is 1.91. The zero-order valence-electron chi connectivity index (χ0n) is 8.05.